The summed E-state index contributed by atoms with van der Waals surface area (Å²) in [7, 11) is 0. The molecule has 2 fully saturated rings. The molecule has 5 rings (SSSR count). The molecule has 2 aromatic rings. The van der Waals surface area contributed by atoms with Gasteiger partial charge < -0.3 is 10.2 Å². The number of nitrogens with one attached hydrogen (secondary N) is 2. The number of carbonyl (C=O) groups is 2. The maximum absolute atomic E-state index is 12.8. The lowest BCUT2D eigenvalue weighted by Gasteiger charge is -2.26. The summed E-state index contributed by atoms with van der Waals surface area (Å²) in [6, 6.07) is 15.6. The smallest absolute Gasteiger partial charge is 0.331 e. The van der Waals surface area contributed by atoms with E-state index in [1.165, 1.54) is 46.8 Å². The lowest BCUT2D eigenvalue weighted by atomic mass is 10.1. The third-order valence-electron chi connectivity index (χ3n) is 6.86. The van der Waals surface area contributed by atoms with Crippen molar-refractivity contribution in [1.82, 2.24) is 20.1 Å². The Bertz CT molecular complexity index is 1100. The number of hydrazine groups is 1. The monoisotopic (exact) mass is 525 g/mol. The van der Waals surface area contributed by atoms with Gasteiger partial charge in [-0.1, -0.05) is 42.3 Å². The quantitative estimate of drug-likeness (QED) is 0.493. The van der Waals surface area contributed by atoms with Gasteiger partial charge in [0, 0.05) is 53.3 Å². The van der Waals surface area contributed by atoms with Gasteiger partial charge in [0.2, 0.25) is 5.91 Å². The molecule has 3 amide bonds. The molecule has 2 saturated heterocycles. The number of carbonyl (C=O) groups excluding carboxylic acids is 2. The molecule has 7 nitrogen and oxygen atoms in total. The zero-order chi connectivity index (χ0) is 24.9. The minimum absolute atomic E-state index is 0.0351. The van der Waals surface area contributed by atoms with Crippen molar-refractivity contribution in [3.05, 3.63) is 75.8 Å². The Kier molecular flexibility index (Phi) is 8.04. The summed E-state index contributed by atoms with van der Waals surface area (Å²) in [6.07, 6.45) is 7.75. The molecule has 0 spiro atoms. The van der Waals surface area contributed by atoms with E-state index in [-0.39, 0.29) is 18.0 Å². The van der Waals surface area contributed by atoms with Gasteiger partial charge in [-0.3, -0.25) is 15.1 Å². The van der Waals surface area contributed by atoms with Gasteiger partial charge in [0.1, 0.15) is 0 Å². The number of aryl methyl sites for hydroxylation is 1. The number of piperidine rings is 1. The van der Waals surface area contributed by atoms with Crippen molar-refractivity contribution in [2.75, 3.05) is 24.5 Å². The van der Waals surface area contributed by atoms with Gasteiger partial charge in [0.15, 0.2) is 0 Å². The highest BCUT2D eigenvalue weighted by molar-refractivity contribution is 8.01. The predicted octanol–water partition coefficient (Wildman–Crippen LogP) is 5.08. The van der Waals surface area contributed by atoms with Gasteiger partial charge >= 0.3 is 6.03 Å². The van der Waals surface area contributed by atoms with Crippen molar-refractivity contribution >= 4 is 41.2 Å². The van der Waals surface area contributed by atoms with E-state index in [1.54, 1.807) is 4.90 Å². The van der Waals surface area contributed by atoms with Gasteiger partial charge in [-0.2, -0.15) is 4.41 Å². The summed E-state index contributed by atoms with van der Waals surface area (Å²) >= 11 is 7.33. The Morgan fingerprint density at radius 3 is 2.47 bits per heavy atom. The van der Waals surface area contributed by atoms with E-state index in [1.807, 2.05) is 42.6 Å². The van der Waals surface area contributed by atoms with Crippen LogP contribution in [-0.2, 0) is 17.8 Å². The molecule has 36 heavy (non-hydrogen) atoms. The first-order valence-corrected chi connectivity index (χ1v) is 13.8. The average Bonchev–Trinajstić information content (AvgIpc) is 3.51. The Morgan fingerprint density at radius 2 is 1.72 bits per heavy atom. The number of anilines is 1. The standard InChI is InChI=1S/C27H32ClN5O2S/c28-22-9-4-20(5-10-22)8-13-25-17-29-33(36-25)27(35)30-23-16-26(34)32(19-23)24-11-6-21(7-12-24)18-31-14-2-1-3-15-31/h4-7,9-12,17,23,29H,1-3,8,13-16,18-19H2,(H,30,35)/t23-/m1/s1. The maximum atomic E-state index is 12.8. The highest BCUT2D eigenvalue weighted by Crippen LogP contribution is 2.29. The molecule has 190 valence electrons. The Morgan fingerprint density at radius 1 is 1.00 bits per heavy atom. The number of nitrogens with zero attached hydrogens (tertiary/aromatic N) is 3. The first-order valence-electron chi connectivity index (χ1n) is 12.6. The first-order chi connectivity index (χ1) is 17.5. The summed E-state index contributed by atoms with van der Waals surface area (Å²) in [5.74, 6) is 0.0351. The Balaban J connectivity index is 1.08. The molecule has 3 aliphatic heterocycles. The fraction of sp³-hybridized carbons (Fsp3) is 0.407. The molecule has 3 heterocycles. The third-order valence-corrected chi connectivity index (χ3v) is 8.13. The van der Waals surface area contributed by atoms with Crippen LogP contribution in [0.15, 0.2) is 59.6 Å². The third kappa shape index (κ3) is 6.35. The lowest BCUT2D eigenvalue weighted by molar-refractivity contribution is -0.117. The van der Waals surface area contributed by atoms with E-state index < -0.39 is 0 Å². The second-order valence-electron chi connectivity index (χ2n) is 9.61. The highest BCUT2D eigenvalue weighted by Gasteiger charge is 2.33. The van der Waals surface area contributed by atoms with Crippen LogP contribution >= 0.6 is 23.5 Å². The minimum Gasteiger partial charge on any atom is -0.331 e. The van der Waals surface area contributed by atoms with E-state index >= 15 is 0 Å². The SMILES string of the molecule is O=C(N[C@@H]1CC(=O)N(c2ccc(CN3CCCCC3)cc2)C1)N1NC=C(CCc2ccc(Cl)cc2)S1. The first kappa shape index (κ1) is 25.0. The minimum atomic E-state index is -0.241. The zero-order valence-electron chi connectivity index (χ0n) is 20.3. The van der Waals surface area contributed by atoms with Crippen molar-refractivity contribution in [3.63, 3.8) is 0 Å². The number of likely N-dealkylation sites (tertiary alicyclic amines) is 1. The van der Waals surface area contributed by atoms with Crippen molar-refractivity contribution in [2.24, 2.45) is 0 Å². The van der Waals surface area contributed by atoms with Gasteiger partial charge in [-0.15, -0.1) is 0 Å². The summed E-state index contributed by atoms with van der Waals surface area (Å²) in [5, 5.41) is 3.73. The second-order valence-corrected chi connectivity index (χ2v) is 11.1. The Hall–Kier alpha value is -2.68. The summed E-state index contributed by atoms with van der Waals surface area (Å²) in [4.78, 5) is 30.8. The fourth-order valence-corrected chi connectivity index (χ4v) is 5.78. The van der Waals surface area contributed by atoms with E-state index in [9.17, 15) is 9.59 Å². The number of allylic oxidation sites excluding steroid dienone is 1. The molecule has 0 radical (unpaired) electrons. The zero-order valence-corrected chi connectivity index (χ0v) is 21.9. The van der Waals surface area contributed by atoms with Crippen LogP contribution < -0.4 is 15.6 Å². The highest BCUT2D eigenvalue weighted by atomic mass is 35.5. The number of amides is 3. The van der Waals surface area contributed by atoms with Crippen LogP contribution in [0.4, 0.5) is 10.5 Å². The van der Waals surface area contributed by atoms with Crippen LogP contribution in [-0.4, -0.2) is 46.9 Å². The largest absolute Gasteiger partial charge is 0.347 e. The predicted molar refractivity (Wildman–Crippen MR) is 145 cm³/mol. The summed E-state index contributed by atoms with van der Waals surface area (Å²) in [5.41, 5.74) is 6.38. The van der Waals surface area contributed by atoms with Crippen molar-refractivity contribution in [3.8, 4) is 0 Å². The van der Waals surface area contributed by atoms with Gasteiger partial charge in [0.05, 0.1) is 6.04 Å². The molecular weight excluding hydrogens is 494 g/mol. The van der Waals surface area contributed by atoms with Crippen LogP contribution in [0.3, 0.4) is 0 Å². The van der Waals surface area contributed by atoms with Crippen LogP contribution in [0, 0.1) is 0 Å². The number of hydrogen-bond donors (Lipinski definition) is 2. The van der Waals surface area contributed by atoms with Crippen LogP contribution in [0.25, 0.3) is 0 Å². The number of urea groups is 1. The number of benzene rings is 2. The topological polar surface area (TPSA) is 67.9 Å². The molecule has 0 unspecified atom stereocenters. The number of rotatable bonds is 7. The number of halogens is 1. The molecular formula is C27H32ClN5O2S. The Labute approximate surface area is 221 Å². The van der Waals surface area contributed by atoms with Gasteiger partial charge in [-0.25, -0.2) is 4.79 Å². The van der Waals surface area contributed by atoms with Crippen LogP contribution in [0.1, 0.15) is 43.2 Å². The molecule has 0 aromatic heterocycles. The average molecular weight is 526 g/mol. The molecule has 2 aromatic carbocycles. The number of hydrogen-bond acceptors (Lipinski definition) is 5. The van der Waals surface area contributed by atoms with E-state index in [0.29, 0.717) is 13.0 Å². The molecule has 9 heteroatoms. The van der Waals surface area contributed by atoms with Crippen molar-refractivity contribution in [1.29, 1.82) is 0 Å². The van der Waals surface area contributed by atoms with Crippen LogP contribution in [0.2, 0.25) is 5.02 Å². The normalized spacial score (nSPS) is 20.4. The molecule has 3 aliphatic rings. The van der Waals surface area contributed by atoms with Gasteiger partial charge in [0.25, 0.3) is 0 Å². The molecule has 1 atom stereocenters. The van der Waals surface area contributed by atoms with Crippen LogP contribution in [0.5, 0.6) is 0 Å². The van der Waals surface area contributed by atoms with E-state index in [2.05, 4.69) is 27.8 Å². The van der Waals surface area contributed by atoms with Crippen molar-refractivity contribution < 1.29 is 9.59 Å². The summed E-state index contributed by atoms with van der Waals surface area (Å²) in [6.45, 7) is 3.77. The van der Waals surface area contributed by atoms with E-state index in [0.717, 1.165) is 48.1 Å². The lowest BCUT2D eigenvalue weighted by Crippen LogP contribution is -2.45. The van der Waals surface area contributed by atoms with E-state index in [4.69, 9.17) is 11.6 Å². The fourth-order valence-electron chi connectivity index (χ4n) is 4.88. The molecule has 0 aliphatic carbocycles. The molecule has 0 saturated carbocycles. The summed E-state index contributed by atoms with van der Waals surface area (Å²) < 4.78 is 1.49. The molecule has 0 bridgehead atoms. The second kappa shape index (κ2) is 11.6. The van der Waals surface area contributed by atoms with Crippen molar-refractivity contribution in [2.45, 2.75) is 51.1 Å². The maximum Gasteiger partial charge on any atom is 0.347 e. The molecule has 2 N–H and O–H groups in total. The van der Waals surface area contributed by atoms with Gasteiger partial charge in [-0.05, 0) is 74.2 Å².